The second kappa shape index (κ2) is 8.42. The summed E-state index contributed by atoms with van der Waals surface area (Å²) < 4.78 is 0. The van der Waals surface area contributed by atoms with Gasteiger partial charge >= 0.3 is 0 Å². The summed E-state index contributed by atoms with van der Waals surface area (Å²) in [6, 6.07) is 9.24. The van der Waals surface area contributed by atoms with Crippen LogP contribution in [0.3, 0.4) is 0 Å². The minimum atomic E-state index is -0.250. The third-order valence-corrected chi connectivity index (χ3v) is 5.98. The van der Waals surface area contributed by atoms with Crippen molar-refractivity contribution in [3.8, 4) is 0 Å². The molecule has 1 aliphatic heterocycles. The first kappa shape index (κ1) is 19.9. The Morgan fingerprint density at radius 2 is 1.93 bits per heavy atom. The number of hydrogen-bond acceptors (Lipinski definition) is 3. The molecule has 1 aliphatic rings. The summed E-state index contributed by atoms with van der Waals surface area (Å²) in [4.78, 5) is 17.1. The Morgan fingerprint density at radius 3 is 2.48 bits per heavy atom. The second-order valence-corrected chi connectivity index (χ2v) is 7.83. The van der Waals surface area contributed by atoms with E-state index in [2.05, 4.69) is 10.7 Å². The Labute approximate surface area is 174 Å². The maximum Gasteiger partial charge on any atom is 0.253 e. The van der Waals surface area contributed by atoms with Crippen molar-refractivity contribution in [2.45, 2.75) is 26.8 Å². The molecule has 0 fully saturated rings. The number of hydrogen-bond donors (Lipinski definition) is 1. The maximum atomic E-state index is 13.4. The smallest absolute Gasteiger partial charge is 0.253 e. The minimum absolute atomic E-state index is 0.0302. The highest BCUT2D eigenvalue weighted by Crippen LogP contribution is 2.35. The molecule has 2 aromatic rings. The van der Waals surface area contributed by atoms with E-state index in [0.717, 1.165) is 22.5 Å². The largest absolute Gasteiger partial charge is 0.351 e. The van der Waals surface area contributed by atoms with Gasteiger partial charge < -0.3 is 10.2 Å². The third-order valence-electron chi connectivity index (χ3n) is 4.73. The van der Waals surface area contributed by atoms with Crippen LogP contribution in [0.5, 0.6) is 0 Å². The molecule has 1 aromatic carbocycles. The van der Waals surface area contributed by atoms with Crippen molar-refractivity contribution < 1.29 is 4.79 Å². The summed E-state index contributed by atoms with van der Waals surface area (Å²) in [7, 11) is 0. The highest BCUT2D eigenvalue weighted by atomic mass is 35.5. The summed E-state index contributed by atoms with van der Waals surface area (Å²) in [5, 5.41) is 8.67. The predicted molar refractivity (Wildman–Crippen MR) is 117 cm³/mol. The second-order valence-electron chi connectivity index (χ2n) is 6.23. The zero-order valence-corrected chi connectivity index (χ0v) is 17.9. The van der Waals surface area contributed by atoms with E-state index in [-0.39, 0.29) is 11.9 Å². The lowest BCUT2D eigenvalue weighted by Gasteiger charge is -2.39. The molecule has 27 heavy (non-hydrogen) atoms. The molecular formula is C20H22ClN3OS2. The van der Waals surface area contributed by atoms with Gasteiger partial charge in [0.2, 0.25) is 0 Å². The van der Waals surface area contributed by atoms with E-state index in [1.165, 1.54) is 0 Å². The number of nitrogens with zero attached hydrogens (tertiary/aromatic N) is 2. The number of carbonyl (C=O) groups excluding carboxylic acids is 1. The normalized spacial score (nSPS) is 17.1. The van der Waals surface area contributed by atoms with Gasteiger partial charge in [-0.05, 0) is 79.6 Å². The Bertz CT molecular complexity index is 858. The molecule has 0 bridgehead atoms. The lowest BCUT2D eigenvalue weighted by molar-refractivity contribution is -0.127. The summed E-state index contributed by atoms with van der Waals surface area (Å²) in [6.45, 7) is 7.27. The molecule has 0 radical (unpaired) electrons. The lowest BCUT2D eigenvalue weighted by atomic mass is 9.95. The number of thiophene rings is 1. The van der Waals surface area contributed by atoms with E-state index < -0.39 is 0 Å². The molecule has 4 nitrogen and oxygen atoms in total. The lowest BCUT2D eigenvalue weighted by Crippen LogP contribution is -2.49. The van der Waals surface area contributed by atoms with Crippen LogP contribution in [0.25, 0.3) is 0 Å². The van der Waals surface area contributed by atoms with Crippen molar-refractivity contribution >= 4 is 51.9 Å². The van der Waals surface area contributed by atoms with Crippen molar-refractivity contribution in [1.29, 1.82) is 0 Å². The first-order valence-electron chi connectivity index (χ1n) is 8.86. The highest BCUT2D eigenvalue weighted by Gasteiger charge is 2.36. The van der Waals surface area contributed by atoms with Crippen LogP contribution in [-0.4, -0.2) is 29.0 Å². The third kappa shape index (κ3) is 3.88. The van der Waals surface area contributed by atoms with Gasteiger partial charge in [-0.1, -0.05) is 11.6 Å². The van der Waals surface area contributed by atoms with E-state index in [0.29, 0.717) is 23.2 Å². The summed E-state index contributed by atoms with van der Waals surface area (Å²) >= 11 is 13.3. The van der Waals surface area contributed by atoms with E-state index >= 15 is 0 Å². The van der Waals surface area contributed by atoms with Gasteiger partial charge in [-0.25, -0.2) is 0 Å². The number of halogens is 1. The minimum Gasteiger partial charge on any atom is -0.351 e. The molecule has 1 N–H and O–H groups in total. The number of thiocarbonyl (C=S) groups is 1. The van der Waals surface area contributed by atoms with Gasteiger partial charge in [0.05, 0.1) is 11.6 Å². The predicted octanol–water partition coefficient (Wildman–Crippen LogP) is 4.98. The standard InChI is InChI=1S/C20H22ClN3OS2/c1-4-23(5-2)19(25)17-13(3)24(16-8-6-15(21)7-9-16)20(26)22-18(17)14-10-11-27-12-14/h6-12,18H,4-5H2,1-3H3,(H,22,26). The number of carbonyl (C=O) groups is 1. The molecule has 2 heterocycles. The molecule has 3 rings (SSSR count). The fourth-order valence-electron chi connectivity index (χ4n) is 3.29. The molecule has 1 amide bonds. The fraction of sp³-hybridized carbons (Fsp3) is 0.300. The van der Waals surface area contributed by atoms with Crippen LogP contribution >= 0.6 is 35.2 Å². The molecular weight excluding hydrogens is 398 g/mol. The fourth-order valence-corrected chi connectivity index (χ4v) is 4.46. The molecule has 142 valence electrons. The number of nitrogens with one attached hydrogen (secondary N) is 1. The average molecular weight is 420 g/mol. The molecule has 1 aromatic heterocycles. The van der Waals surface area contributed by atoms with Crippen LogP contribution < -0.4 is 10.2 Å². The molecule has 0 spiro atoms. The molecule has 1 atom stereocenters. The van der Waals surface area contributed by atoms with E-state index in [4.69, 9.17) is 23.8 Å². The Hall–Kier alpha value is -1.89. The number of likely N-dealkylation sites (N-methyl/N-ethyl adjacent to an activating group) is 1. The number of benzene rings is 1. The van der Waals surface area contributed by atoms with Crippen molar-refractivity contribution in [3.05, 3.63) is 62.9 Å². The summed E-state index contributed by atoms with van der Waals surface area (Å²) in [5.41, 5.74) is 3.49. The monoisotopic (exact) mass is 419 g/mol. The van der Waals surface area contributed by atoms with Gasteiger partial charge in [-0.15, -0.1) is 0 Å². The van der Waals surface area contributed by atoms with Crippen LogP contribution in [0.1, 0.15) is 32.4 Å². The van der Waals surface area contributed by atoms with Gasteiger partial charge in [-0.2, -0.15) is 11.3 Å². The molecule has 7 heteroatoms. The van der Waals surface area contributed by atoms with Crippen LogP contribution in [-0.2, 0) is 4.79 Å². The zero-order chi connectivity index (χ0) is 19.6. The van der Waals surface area contributed by atoms with Crippen molar-refractivity contribution in [2.24, 2.45) is 0 Å². The average Bonchev–Trinajstić information content (AvgIpc) is 3.18. The van der Waals surface area contributed by atoms with Gasteiger partial charge in [0.15, 0.2) is 5.11 Å². The topological polar surface area (TPSA) is 35.6 Å². The first-order valence-corrected chi connectivity index (χ1v) is 10.6. The maximum absolute atomic E-state index is 13.4. The highest BCUT2D eigenvalue weighted by molar-refractivity contribution is 7.80. The molecule has 0 aliphatic carbocycles. The van der Waals surface area contributed by atoms with Crippen molar-refractivity contribution in [2.75, 3.05) is 18.0 Å². The van der Waals surface area contributed by atoms with Crippen LogP contribution in [0.15, 0.2) is 52.4 Å². The van der Waals surface area contributed by atoms with Crippen LogP contribution in [0, 0.1) is 0 Å². The molecule has 0 saturated carbocycles. The van der Waals surface area contributed by atoms with Gasteiger partial charge in [0.1, 0.15) is 0 Å². The Balaban J connectivity index is 2.13. The van der Waals surface area contributed by atoms with E-state index in [1.807, 2.05) is 66.3 Å². The van der Waals surface area contributed by atoms with E-state index in [9.17, 15) is 4.79 Å². The van der Waals surface area contributed by atoms with Crippen molar-refractivity contribution in [3.63, 3.8) is 0 Å². The zero-order valence-electron chi connectivity index (χ0n) is 15.5. The van der Waals surface area contributed by atoms with Crippen LogP contribution in [0.4, 0.5) is 5.69 Å². The Morgan fingerprint density at radius 1 is 1.26 bits per heavy atom. The Kier molecular flexibility index (Phi) is 6.19. The summed E-state index contributed by atoms with van der Waals surface area (Å²) in [6.07, 6.45) is 0. The van der Waals surface area contributed by atoms with Crippen molar-refractivity contribution in [1.82, 2.24) is 10.2 Å². The van der Waals surface area contributed by atoms with Crippen LogP contribution in [0.2, 0.25) is 5.02 Å². The summed E-state index contributed by atoms with van der Waals surface area (Å²) in [5.74, 6) is 0.0302. The van der Waals surface area contributed by atoms with E-state index in [1.54, 1.807) is 11.3 Å². The quantitative estimate of drug-likeness (QED) is 0.693. The number of rotatable bonds is 5. The van der Waals surface area contributed by atoms with Gasteiger partial charge in [0, 0.05) is 29.5 Å². The first-order chi connectivity index (χ1) is 13.0. The number of anilines is 1. The van der Waals surface area contributed by atoms with Gasteiger partial charge in [0.25, 0.3) is 5.91 Å². The SMILES string of the molecule is CCN(CC)C(=O)C1=C(C)N(c2ccc(Cl)cc2)C(=S)NC1c1ccsc1. The molecule has 1 unspecified atom stereocenters. The number of amides is 1. The number of allylic oxidation sites excluding steroid dienone is 1. The molecule has 0 saturated heterocycles. The van der Waals surface area contributed by atoms with Gasteiger partial charge in [-0.3, -0.25) is 9.69 Å².